The maximum Gasteiger partial charge on any atom is 0.191 e. The number of nitrogens with zero attached hydrogens (tertiary/aromatic N) is 3. The summed E-state index contributed by atoms with van der Waals surface area (Å²) in [7, 11) is 0. The lowest BCUT2D eigenvalue weighted by Gasteiger charge is -2.33. The molecule has 1 fully saturated rings. The SMILES string of the molecule is C=C(C)CN=C(NCCc1ccco1)NC1CCN(c2ccccn2)CC1.I. The first-order valence-electron chi connectivity index (χ1n) is 9.58. The first-order valence-corrected chi connectivity index (χ1v) is 9.58. The van der Waals surface area contributed by atoms with Crippen molar-refractivity contribution < 1.29 is 4.42 Å². The van der Waals surface area contributed by atoms with Crippen LogP contribution < -0.4 is 15.5 Å². The monoisotopic (exact) mass is 495 g/mol. The minimum Gasteiger partial charge on any atom is -0.469 e. The molecule has 28 heavy (non-hydrogen) atoms. The van der Waals surface area contributed by atoms with Crippen molar-refractivity contribution >= 4 is 35.8 Å². The van der Waals surface area contributed by atoms with Crippen LogP contribution >= 0.6 is 24.0 Å². The molecule has 3 heterocycles. The fraction of sp³-hybridized carbons (Fsp3) is 0.429. The third-order valence-corrected chi connectivity index (χ3v) is 4.56. The Morgan fingerprint density at radius 3 is 2.75 bits per heavy atom. The zero-order valence-electron chi connectivity index (χ0n) is 16.4. The van der Waals surface area contributed by atoms with Gasteiger partial charge in [-0.3, -0.25) is 0 Å². The number of furan rings is 1. The summed E-state index contributed by atoms with van der Waals surface area (Å²) in [6.07, 6.45) is 6.51. The lowest BCUT2D eigenvalue weighted by molar-refractivity contribution is 0.458. The number of aromatic nitrogens is 1. The molecular weight excluding hydrogens is 465 g/mol. The average molecular weight is 495 g/mol. The summed E-state index contributed by atoms with van der Waals surface area (Å²) in [5, 5.41) is 7.00. The second-order valence-electron chi connectivity index (χ2n) is 6.97. The van der Waals surface area contributed by atoms with Crippen molar-refractivity contribution in [3.8, 4) is 0 Å². The van der Waals surface area contributed by atoms with Gasteiger partial charge in [0, 0.05) is 38.3 Å². The zero-order chi connectivity index (χ0) is 18.9. The second-order valence-corrected chi connectivity index (χ2v) is 6.97. The van der Waals surface area contributed by atoms with Gasteiger partial charge in [-0.2, -0.15) is 0 Å². The molecule has 0 unspecified atom stereocenters. The molecule has 2 aromatic rings. The number of anilines is 1. The van der Waals surface area contributed by atoms with Crippen LogP contribution in [0, 0.1) is 0 Å². The van der Waals surface area contributed by atoms with E-state index >= 15 is 0 Å². The van der Waals surface area contributed by atoms with Gasteiger partial charge < -0.3 is 20.0 Å². The zero-order valence-corrected chi connectivity index (χ0v) is 18.8. The van der Waals surface area contributed by atoms with Gasteiger partial charge in [-0.15, -0.1) is 24.0 Å². The van der Waals surface area contributed by atoms with Gasteiger partial charge in [0.25, 0.3) is 0 Å². The highest BCUT2D eigenvalue weighted by Gasteiger charge is 2.20. The molecule has 1 saturated heterocycles. The van der Waals surface area contributed by atoms with Crippen molar-refractivity contribution in [3.63, 3.8) is 0 Å². The van der Waals surface area contributed by atoms with Crippen molar-refractivity contribution in [2.24, 2.45) is 4.99 Å². The maximum atomic E-state index is 5.39. The fourth-order valence-corrected chi connectivity index (χ4v) is 3.11. The normalized spacial score (nSPS) is 15.0. The molecule has 7 heteroatoms. The maximum absolute atomic E-state index is 5.39. The molecule has 0 aromatic carbocycles. The molecule has 0 spiro atoms. The molecular formula is C21H30IN5O. The Kier molecular flexibility index (Phi) is 9.33. The molecule has 6 nitrogen and oxygen atoms in total. The molecule has 0 atom stereocenters. The molecule has 3 rings (SSSR count). The predicted molar refractivity (Wildman–Crippen MR) is 126 cm³/mol. The summed E-state index contributed by atoms with van der Waals surface area (Å²) in [6, 6.07) is 10.4. The highest BCUT2D eigenvalue weighted by molar-refractivity contribution is 14.0. The average Bonchev–Trinajstić information content (AvgIpc) is 3.21. The Morgan fingerprint density at radius 2 is 2.11 bits per heavy atom. The van der Waals surface area contributed by atoms with Crippen LogP contribution in [0.4, 0.5) is 5.82 Å². The van der Waals surface area contributed by atoms with Crippen LogP contribution in [0.15, 0.2) is 64.4 Å². The molecule has 0 saturated carbocycles. The quantitative estimate of drug-likeness (QED) is 0.266. The van der Waals surface area contributed by atoms with Crippen molar-refractivity contribution in [2.75, 3.05) is 31.1 Å². The van der Waals surface area contributed by atoms with E-state index in [-0.39, 0.29) is 24.0 Å². The Balaban J connectivity index is 0.00000280. The predicted octanol–water partition coefficient (Wildman–Crippen LogP) is 3.62. The van der Waals surface area contributed by atoms with E-state index in [0.717, 1.165) is 62.0 Å². The van der Waals surface area contributed by atoms with Gasteiger partial charge in [-0.05, 0) is 44.0 Å². The van der Waals surface area contributed by atoms with Gasteiger partial charge in [0.1, 0.15) is 11.6 Å². The lowest BCUT2D eigenvalue weighted by Crippen LogP contribution is -2.49. The first-order chi connectivity index (χ1) is 13.2. The van der Waals surface area contributed by atoms with Gasteiger partial charge >= 0.3 is 0 Å². The number of hydrogen-bond acceptors (Lipinski definition) is 4. The molecule has 1 aliphatic heterocycles. The topological polar surface area (TPSA) is 65.7 Å². The summed E-state index contributed by atoms with van der Waals surface area (Å²) >= 11 is 0. The standard InChI is InChI=1S/C21H29N5O.HI/c1-17(2)16-24-21(23-12-8-19-6-5-15-27-19)25-18-9-13-26(14-10-18)20-7-3-4-11-22-20;/h3-7,11,15,18H,1,8-10,12-14,16H2,2H3,(H2,23,24,25);1H. The Hall–Kier alpha value is -2.03. The molecule has 2 N–H and O–H groups in total. The van der Waals surface area contributed by atoms with Crippen LogP contribution in [0.25, 0.3) is 0 Å². The molecule has 0 bridgehead atoms. The van der Waals surface area contributed by atoms with E-state index in [4.69, 9.17) is 4.42 Å². The van der Waals surface area contributed by atoms with Crippen LogP contribution in [0.3, 0.4) is 0 Å². The van der Waals surface area contributed by atoms with Crippen molar-refractivity contribution in [1.29, 1.82) is 0 Å². The third kappa shape index (κ3) is 7.18. The number of pyridine rings is 1. The number of halogens is 1. The molecule has 2 aromatic heterocycles. The van der Waals surface area contributed by atoms with Crippen molar-refractivity contribution in [3.05, 3.63) is 60.7 Å². The highest BCUT2D eigenvalue weighted by atomic mass is 127. The molecule has 0 aliphatic carbocycles. The smallest absolute Gasteiger partial charge is 0.191 e. The van der Waals surface area contributed by atoms with E-state index in [1.54, 1.807) is 6.26 Å². The summed E-state index contributed by atoms with van der Waals surface area (Å²) in [5.74, 6) is 2.88. The van der Waals surface area contributed by atoms with E-state index in [0.29, 0.717) is 12.6 Å². The van der Waals surface area contributed by atoms with Crippen LogP contribution in [0.1, 0.15) is 25.5 Å². The Labute approximate surface area is 184 Å². The molecule has 0 radical (unpaired) electrons. The van der Waals surface area contributed by atoms with Gasteiger partial charge in [0.05, 0.1) is 12.8 Å². The second kappa shape index (κ2) is 11.7. The number of aliphatic imine (C=N–C) groups is 1. The number of rotatable bonds is 7. The first kappa shape index (κ1) is 22.3. The molecule has 1 aliphatic rings. The van der Waals surface area contributed by atoms with Crippen LogP contribution in [-0.4, -0.2) is 43.2 Å². The summed E-state index contributed by atoms with van der Waals surface area (Å²) in [6.45, 7) is 9.34. The lowest BCUT2D eigenvalue weighted by atomic mass is 10.1. The highest BCUT2D eigenvalue weighted by Crippen LogP contribution is 2.17. The van der Waals surface area contributed by atoms with Gasteiger partial charge in [0.2, 0.25) is 0 Å². The van der Waals surface area contributed by atoms with E-state index in [1.807, 2.05) is 37.4 Å². The summed E-state index contributed by atoms with van der Waals surface area (Å²) in [4.78, 5) is 11.4. The molecule has 0 amide bonds. The Morgan fingerprint density at radius 1 is 1.29 bits per heavy atom. The summed E-state index contributed by atoms with van der Waals surface area (Å²) in [5.41, 5.74) is 1.05. The van der Waals surface area contributed by atoms with Crippen LogP contribution in [-0.2, 0) is 6.42 Å². The van der Waals surface area contributed by atoms with Crippen LogP contribution in [0.2, 0.25) is 0 Å². The minimum absolute atomic E-state index is 0. The minimum atomic E-state index is 0. The van der Waals surface area contributed by atoms with Crippen molar-refractivity contribution in [2.45, 2.75) is 32.2 Å². The third-order valence-electron chi connectivity index (χ3n) is 4.56. The number of nitrogens with one attached hydrogen (secondary N) is 2. The fourth-order valence-electron chi connectivity index (χ4n) is 3.11. The van der Waals surface area contributed by atoms with Gasteiger partial charge in [-0.25, -0.2) is 9.98 Å². The number of hydrogen-bond donors (Lipinski definition) is 2. The van der Waals surface area contributed by atoms with Crippen molar-refractivity contribution in [1.82, 2.24) is 15.6 Å². The summed E-state index contributed by atoms with van der Waals surface area (Å²) < 4.78 is 5.39. The van der Waals surface area contributed by atoms with E-state index in [9.17, 15) is 0 Å². The van der Waals surface area contributed by atoms with E-state index < -0.39 is 0 Å². The number of guanidine groups is 1. The Bertz CT molecular complexity index is 725. The van der Waals surface area contributed by atoms with Crippen LogP contribution in [0.5, 0.6) is 0 Å². The van der Waals surface area contributed by atoms with Gasteiger partial charge in [-0.1, -0.05) is 18.2 Å². The van der Waals surface area contributed by atoms with E-state index in [2.05, 4.69) is 38.2 Å². The molecule has 152 valence electrons. The number of piperidine rings is 1. The largest absolute Gasteiger partial charge is 0.469 e. The van der Waals surface area contributed by atoms with E-state index in [1.165, 1.54) is 0 Å². The van der Waals surface area contributed by atoms with Gasteiger partial charge in [0.15, 0.2) is 5.96 Å².